The molecule has 2 nitrogen and oxygen atoms in total. The highest BCUT2D eigenvalue weighted by molar-refractivity contribution is 9.10. The van der Waals surface area contributed by atoms with Crippen molar-refractivity contribution < 1.29 is 4.74 Å². The first-order valence-corrected chi connectivity index (χ1v) is 6.54. The number of aryl methyl sites for hydroxylation is 1. The molecule has 17 heavy (non-hydrogen) atoms. The number of nitrogens with zero attached hydrogens (tertiary/aromatic N) is 1. The van der Waals surface area contributed by atoms with Gasteiger partial charge in [-0.2, -0.15) is 5.26 Å². The summed E-state index contributed by atoms with van der Waals surface area (Å²) in [5.74, 6) is 0.911. The molecule has 0 spiro atoms. The molecule has 0 aromatic heterocycles. The molecule has 1 rings (SSSR count). The summed E-state index contributed by atoms with van der Waals surface area (Å²) in [5.41, 5.74) is 0.878. The van der Waals surface area contributed by atoms with Gasteiger partial charge in [-0.1, -0.05) is 22.0 Å². The molecule has 0 aliphatic rings. The van der Waals surface area contributed by atoms with Crippen molar-refractivity contribution in [2.75, 3.05) is 6.61 Å². The Morgan fingerprint density at radius 2 is 2.12 bits per heavy atom. The van der Waals surface area contributed by atoms with E-state index in [1.54, 1.807) is 0 Å². The summed E-state index contributed by atoms with van der Waals surface area (Å²) >= 11 is 3.43. The summed E-state index contributed by atoms with van der Waals surface area (Å²) in [4.78, 5) is 0. The first-order valence-electron chi connectivity index (χ1n) is 5.75. The zero-order chi connectivity index (χ0) is 12.9. The maximum Gasteiger partial charge on any atom is 0.123 e. The van der Waals surface area contributed by atoms with Crippen LogP contribution in [-0.2, 0) is 0 Å². The van der Waals surface area contributed by atoms with E-state index in [1.807, 2.05) is 39.0 Å². The molecule has 1 aromatic rings. The van der Waals surface area contributed by atoms with Crippen molar-refractivity contribution in [1.82, 2.24) is 0 Å². The highest BCUT2D eigenvalue weighted by Gasteiger charge is 2.15. The third-order valence-electron chi connectivity index (χ3n) is 2.66. The van der Waals surface area contributed by atoms with Gasteiger partial charge in [0.1, 0.15) is 5.75 Å². The van der Waals surface area contributed by atoms with Gasteiger partial charge in [0.25, 0.3) is 0 Å². The molecule has 0 saturated heterocycles. The maximum absolute atomic E-state index is 8.89. The average Bonchev–Trinajstić information content (AvgIpc) is 2.29. The highest BCUT2D eigenvalue weighted by Crippen LogP contribution is 2.24. The van der Waals surface area contributed by atoms with Crippen LogP contribution < -0.4 is 4.74 Å². The molecule has 0 saturated carbocycles. The fourth-order valence-electron chi connectivity index (χ4n) is 1.48. The lowest BCUT2D eigenvalue weighted by atomic mass is 9.90. The number of rotatable bonds is 5. The number of hydrogen-bond donors (Lipinski definition) is 0. The Kier molecular flexibility index (Phi) is 5.02. The predicted molar refractivity (Wildman–Crippen MR) is 73.0 cm³/mol. The van der Waals surface area contributed by atoms with Gasteiger partial charge in [0.05, 0.1) is 18.1 Å². The van der Waals surface area contributed by atoms with Gasteiger partial charge in [-0.3, -0.25) is 0 Å². The minimum Gasteiger partial charge on any atom is -0.493 e. The van der Waals surface area contributed by atoms with Crippen molar-refractivity contribution >= 4 is 15.9 Å². The van der Waals surface area contributed by atoms with Gasteiger partial charge < -0.3 is 4.74 Å². The third-order valence-corrected chi connectivity index (χ3v) is 3.15. The van der Waals surface area contributed by atoms with Crippen LogP contribution >= 0.6 is 15.9 Å². The average molecular weight is 296 g/mol. The van der Waals surface area contributed by atoms with Crippen LogP contribution in [0.25, 0.3) is 0 Å². The van der Waals surface area contributed by atoms with Gasteiger partial charge in [0.15, 0.2) is 0 Å². The van der Waals surface area contributed by atoms with E-state index in [0.717, 1.165) is 28.6 Å². The van der Waals surface area contributed by atoms with Gasteiger partial charge in [-0.05, 0) is 51.3 Å². The van der Waals surface area contributed by atoms with E-state index in [1.165, 1.54) is 0 Å². The van der Waals surface area contributed by atoms with E-state index in [2.05, 4.69) is 22.0 Å². The van der Waals surface area contributed by atoms with Gasteiger partial charge in [-0.15, -0.1) is 0 Å². The highest BCUT2D eigenvalue weighted by atomic mass is 79.9. The first kappa shape index (κ1) is 14.1. The summed E-state index contributed by atoms with van der Waals surface area (Å²) in [7, 11) is 0. The number of benzene rings is 1. The van der Waals surface area contributed by atoms with Crippen molar-refractivity contribution in [3.8, 4) is 11.8 Å². The molecule has 0 atom stereocenters. The second-order valence-corrected chi connectivity index (χ2v) is 5.77. The standard InChI is InChI=1S/C14H18BrNO/c1-11-5-6-12(15)9-13(11)17-8-4-7-14(2,3)10-16/h5-6,9H,4,7-8H2,1-3H3. The molecule has 92 valence electrons. The summed E-state index contributed by atoms with van der Waals surface area (Å²) < 4.78 is 6.74. The Morgan fingerprint density at radius 1 is 1.41 bits per heavy atom. The smallest absolute Gasteiger partial charge is 0.123 e. The normalized spacial score (nSPS) is 11.0. The minimum atomic E-state index is -0.254. The van der Waals surface area contributed by atoms with E-state index < -0.39 is 0 Å². The molecule has 3 heteroatoms. The zero-order valence-corrected chi connectivity index (χ0v) is 12.2. The van der Waals surface area contributed by atoms with E-state index in [9.17, 15) is 0 Å². The second-order valence-electron chi connectivity index (χ2n) is 4.86. The molecule has 0 N–H and O–H groups in total. The fraction of sp³-hybridized carbons (Fsp3) is 0.500. The molecule has 1 aromatic carbocycles. The molecule has 0 fully saturated rings. The van der Waals surface area contributed by atoms with Crippen LogP contribution in [0.5, 0.6) is 5.75 Å². The molecule has 0 amide bonds. The third kappa shape index (κ3) is 4.79. The Balaban J connectivity index is 2.42. The number of ether oxygens (including phenoxy) is 1. The van der Waals surface area contributed by atoms with Crippen LogP contribution in [0, 0.1) is 23.7 Å². The second kappa shape index (κ2) is 6.07. The number of halogens is 1. The van der Waals surface area contributed by atoms with Crippen LogP contribution in [0.15, 0.2) is 22.7 Å². The SMILES string of the molecule is Cc1ccc(Br)cc1OCCCC(C)(C)C#N. The van der Waals surface area contributed by atoms with Gasteiger partial charge in [-0.25, -0.2) is 0 Å². The Bertz CT molecular complexity index is 421. The molecule has 0 radical (unpaired) electrons. The monoisotopic (exact) mass is 295 g/mol. The molecule has 0 bridgehead atoms. The van der Waals surface area contributed by atoms with Crippen LogP contribution in [0.3, 0.4) is 0 Å². The first-order chi connectivity index (χ1) is 7.94. The zero-order valence-electron chi connectivity index (χ0n) is 10.6. The van der Waals surface area contributed by atoms with Crippen molar-refractivity contribution in [2.45, 2.75) is 33.6 Å². The van der Waals surface area contributed by atoms with E-state index in [4.69, 9.17) is 10.00 Å². The van der Waals surface area contributed by atoms with Crippen molar-refractivity contribution in [3.63, 3.8) is 0 Å². The van der Waals surface area contributed by atoms with Crippen molar-refractivity contribution in [3.05, 3.63) is 28.2 Å². The lowest BCUT2D eigenvalue weighted by Gasteiger charge is -2.15. The largest absolute Gasteiger partial charge is 0.493 e. The quantitative estimate of drug-likeness (QED) is 0.751. The number of nitriles is 1. The summed E-state index contributed by atoms with van der Waals surface area (Å²) in [6.07, 6.45) is 1.75. The summed E-state index contributed by atoms with van der Waals surface area (Å²) in [5, 5.41) is 8.89. The Hall–Kier alpha value is -1.01. The van der Waals surface area contributed by atoms with Gasteiger partial charge in [0, 0.05) is 4.47 Å². The van der Waals surface area contributed by atoms with Crippen LogP contribution in [-0.4, -0.2) is 6.61 Å². The van der Waals surface area contributed by atoms with E-state index >= 15 is 0 Å². The molecule has 0 heterocycles. The van der Waals surface area contributed by atoms with Crippen LogP contribution in [0.2, 0.25) is 0 Å². The summed E-state index contributed by atoms with van der Waals surface area (Å²) in [6.45, 7) is 6.60. The fourth-order valence-corrected chi connectivity index (χ4v) is 1.82. The molecular formula is C14H18BrNO. The van der Waals surface area contributed by atoms with E-state index in [-0.39, 0.29) is 5.41 Å². The van der Waals surface area contributed by atoms with Crippen molar-refractivity contribution in [2.24, 2.45) is 5.41 Å². The topological polar surface area (TPSA) is 33.0 Å². The molecule has 0 unspecified atom stereocenters. The Morgan fingerprint density at radius 3 is 2.76 bits per heavy atom. The maximum atomic E-state index is 8.89. The predicted octanol–water partition coefficient (Wildman–Crippen LogP) is 4.47. The molecule has 0 aliphatic heterocycles. The lowest BCUT2D eigenvalue weighted by molar-refractivity contribution is 0.282. The van der Waals surface area contributed by atoms with Crippen LogP contribution in [0.4, 0.5) is 0 Å². The Labute approximate surface area is 112 Å². The van der Waals surface area contributed by atoms with Gasteiger partial charge in [0.2, 0.25) is 0 Å². The molecule has 0 aliphatic carbocycles. The van der Waals surface area contributed by atoms with Crippen molar-refractivity contribution in [1.29, 1.82) is 5.26 Å². The van der Waals surface area contributed by atoms with Crippen LogP contribution in [0.1, 0.15) is 32.3 Å². The van der Waals surface area contributed by atoms with E-state index in [0.29, 0.717) is 6.61 Å². The minimum absolute atomic E-state index is 0.254. The number of hydrogen-bond acceptors (Lipinski definition) is 2. The lowest BCUT2D eigenvalue weighted by Crippen LogP contribution is -2.10. The molecular weight excluding hydrogens is 278 g/mol. The summed E-state index contributed by atoms with van der Waals surface area (Å²) in [6, 6.07) is 8.30. The van der Waals surface area contributed by atoms with Gasteiger partial charge >= 0.3 is 0 Å².